The molecule has 3 rings (SSSR count). The largest absolute Gasteiger partial charge is 0.293 e. The molecule has 0 aliphatic carbocycles. The Morgan fingerprint density at radius 1 is 1.32 bits per heavy atom. The van der Waals surface area contributed by atoms with Crippen LogP contribution in [0.25, 0.3) is 0 Å². The molecule has 28 heavy (non-hydrogen) atoms. The molecule has 8 nitrogen and oxygen atoms in total. The van der Waals surface area contributed by atoms with Gasteiger partial charge in [0.05, 0.1) is 22.2 Å². The maximum absolute atomic E-state index is 12.3. The average Bonchev–Trinajstić information content (AvgIpc) is 3.04. The number of halogens is 2. The quantitative estimate of drug-likeness (QED) is 0.339. The Labute approximate surface area is 173 Å². The van der Waals surface area contributed by atoms with E-state index >= 15 is 0 Å². The molecule has 1 N–H and O–H groups in total. The molecule has 10 heteroatoms. The van der Waals surface area contributed by atoms with Crippen LogP contribution in [0.1, 0.15) is 21.6 Å². The van der Waals surface area contributed by atoms with Crippen LogP contribution in [-0.4, -0.2) is 26.8 Å². The topological polar surface area (TPSA) is 102 Å². The van der Waals surface area contributed by atoms with Gasteiger partial charge in [-0.25, -0.2) is 5.43 Å². The maximum Gasteiger partial charge on any atom is 0.293 e. The summed E-state index contributed by atoms with van der Waals surface area (Å²) in [6, 6.07) is 13.2. The molecule has 0 atom stereocenters. The number of nitro benzene ring substituents is 1. The maximum atomic E-state index is 12.3. The lowest BCUT2D eigenvalue weighted by Crippen LogP contribution is -2.19. The second-order valence-corrected chi connectivity index (χ2v) is 6.99. The molecule has 142 valence electrons. The van der Waals surface area contributed by atoms with E-state index in [0.717, 1.165) is 5.56 Å². The molecule has 0 bridgehead atoms. The van der Waals surface area contributed by atoms with Gasteiger partial charge in [0, 0.05) is 28.9 Å². The molecule has 0 radical (unpaired) electrons. The van der Waals surface area contributed by atoms with Gasteiger partial charge < -0.3 is 0 Å². The molecular formula is C18H13BrClN5O3. The number of carbonyl (C=O) groups excluding carboxylic acids is 1. The smallest absolute Gasteiger partial charge is 0.266 e. The van der Waals surface area contributed by atoms with E-state index in [2.05, 4.69) is 31.6 Å². The predicted octanol–water partition coefficient (Wildman–Crippen LogP) is 4.02. The summed E-state index contributed by atoms with van der Waals surface area (Å²) in [6.45, 7) is 0.472. The Morgan fingerprint density at radius 3 is 2.79 bits per heavy atom. The summed E-state index contributed by atoms with van der Waals surface area (Å²) in [5, 5.41) is 19.5. The van der Waals surface area contributed by atoms with Gasteiger partial charge >= 0.3 is 0 Å². The van der Waals surface area contributed by atoms with Gasteiger partial charge in [-0.2, -0.15) is 10.2 Å². The van der Waals surface area contributed by atoms with E-state index in [0.29, 0.717) is 21.6 Å². The third kappa shape index (κ3) is 5.02. The molecule has 0 aliphatic heterocycles. The van der Waals surface area contributed by atoms with E-state index in [-0.39, 0.29) is 11.4 Å². The Morgan fingerprint density at radius 2 is 2.07 bits per heavy atom. The molecule has 0 saturated heterocycles. The molecule has 0 fully saturated rings. The van der Waals surface area contributed by atoms with Crippen molar-refractivity contribution in [1.82, 2.24) is 15.2 Å². The van der Waals surface area contributed by atoms with Crippen LogP contribution in [0.4, 0.5) is 5.69 Å². The first kappa shape index (κ1) is 19.7. The lowest BCUT2D eigenvalue weighted by atomic mass is 10.2. The standard InChI is InChI=1S/C18H13BrClN5O3/c19-16-11-24(10-12-4-6-14(20)7-5-12)23-17(16)18(26)22-21-9-13-2-1-3-15(8-13)25(27)28/h1-9,11H,10H2,(H,22,26)/b21-9+. The highest BCUT2D eigenvalue weighted by atomic mass is 79.9. The van der Waals surface area contributed by atoms with Crippen molar-refractivity contribution in [2.45, 2.75) is 6.54 Å². The van der Waals surface area contributed by atoms with Gasteiger partial charge in [-0.1, -0.05) is 35.9 Å². The SMILES string of the molecule is O=C(N/N=C/c1cccc([N+](=O)[O-])c1)c1nn(Cc2ccc(Cl)cc2)cc1Br. The van der Waals surface area contributed by atoms with Gasteiger partial charge in [-0.15, -0.1) is 0 Å². The van der Waals surface area contributed by atoms with Gasteiger partial charge in [-0.3, -0.25) is 19.6 Å². The van der Waals surface area contributed by atoms with E-state index in [1.807, 2.05) is 12.1 Å². The first-order chi connectivity index (χ1) is 13.4. The highest BCUT2D eigenvalue weighted by molar-refractivity contribution is 9.10. The molecule has 0 saturated carbocycles. The minimum atomic E-state index is -0.511. The van der Waals surface area contributed by atoms with Crippen molar-refractivity contribution in [2.75, 3.05) is 0 Å². The third-order valence-electron chi connectivity index (χ3n) is 3.65. The normalized spacial score (nSPS) is 10.9. The van der Waals surface area contributed by atoms with Crippen LogP contribution in [0.3, 0.4) is 0 Å². The predicted molar refractivity (Wildman–Crippen MR) is 109 cm³/mol. The molecule has 2 aromatic carbocycles. The second-order valence-electron chi connectivity index (χ2n) is 5.70. The summed E-state index contributed by atoms with van der Waals surface area (Å²) >= 11 is 9.19. The summed E-state index contributed by atoms with van der Waals surface area (Å²) in [5.74, 6) is -0.511. The third-order valence-corrected chi connectivity index (χ3v) is 4.48. The lowest BCUT2D eigenvalue weighted by Gasteiger charge is -2.01. The number of hydrazone groups is 1. The van der Waals surface area contributed by atoms with Crippen LogP contribution < -0.4 is 5.43 Å². The van der Waals surface area contributed by atoms with Gasteiger partial charge in [0.1, 0.15) is 0 Å². The minimum absolute atomic E-state index is 0.0565. The summed E-state index contributed by atoms with van der Waals surface area (Å²) in [6.07, 6.45) is 3.01. The average molecular weight is 463 g/mol. The summed E-state index contributed by atoms with van der Waals surface area (Å²) in [7, 11) is 0. The number of non-ortho nitro benzene ring substituents is 1. The molecule has 0 aliphatic rings. The Hall–Kier alpha value is -3.04. The fourth-order valence-corrected chi connectivity index (χ4v) is 2.97. The van der Waals surface area contributed by atoms with Gasteiger partial charge in [0.15, 0.2) is 5.69 Å². The number of hydrogen-bond acceptors (Lipinski definition) is 5. The fraction of sp³-hybridized carbons (Fsp3) is 0.0556. The summed E-state index contributed by atoms with van der Waals surface area (Å²) in [5.41, 5.74) is 3.94. The monoisotopic (exact) mass is 461 g/mol. The number of hydrogen-bond donors (Lipinski definition) is 1. The molecule has 0 spiro atoms. The van der Waals surface area contributed by atoms with Gasteiger partial charge in [0.25, 0.3) is 11.6 Å². The lowest BCUT2D eigenvalue weighted by molar-refractivity contribution is -0.384. The molecule has 1 amide bonds. The van der Waals surface area contributed by atoms with Crippen molar-refractivity contribution < 1.29 is 9.72 Å². The molecule has 1 aromatic heterocycles. The number of nitrogens with zero attached hydrogens (tertiary/aromatic N) is 4. The molecule has 0 unspecified atom stereocenters. The fourth-order valence-electron chi connectivity index (χ4n) is 2.35. The van der Waals surface area contributed by atoms with Crippen molar-refractivity contribution in [3.05, 3.63) is 91.2 Å². The Kier molecular flexibility index (Phi) is 6.17. The number of benzene rings is 2. The van der Waals surface area contributed by atoms with Crippen LogP contribution in [-0.2, 0) is 6.54 Å². The highest BCUT2D eigenvalue weighted by Gasteiger charge is 2.15. The van der Waals surface area contributed by atoms with Crippen LogP contribution >= 0.6 is 27.5 Å². The van der Waals surface area contributed by atoms with E-state index in [4.69, 9.17) is 11.6 Å². The zero-order chi connectivity index (χ0) is 20.1. The number of aromatic nitrogens is 2. The van der Waals surface area contributed by atoms with E-state index in [9.17, 15) is 14.9 Å². The van der Waals surface area contributed by atoms with Gasteiger partial charge in [0.2, 0.25) is 0 Å². The first-order valence-electron chi connectivity index (χ1n) is 7.97. The molecule has 3 aromatic rings. The van der Waals surface area contributed by atoms with Crippen LogP contribution in [0.2, 0.25) is 5.02 Å². The van der Waals surface area contributed by atoms with Crippen molar-refractivity contribution >= 4 is 45.3 Å². The number of nitrogens with one attached hydrogen (secondary N) is 1. The number of carbonyl (C=O) groups is 1. The number of amides is 1. The molecule has 1 heterocycles. The summed E-state index contributed by atoms with van der Waals surface area (Å²) in [4.78, 5) is 22.6. The van der Waals surface area contributed by atoms with Gasteiger partial charge in [-0.05, 0) is 33.6 Å². The second kappa shape index (κ2) is 8.77. The highest BCUT2D eigenvalue weighted by Crippen LogP contribution is 2.17. The van der Waals surface area contributed by atoms with E-state index in [1.165, 1.54) is 24.4 Å². The van der Waals surface area contributed by atoms with Crippen LogP contribution in [0.15, 0.2) is 64.3 Å². The summed E-state index contributed by atoms with van der Waals surface area (Å²) < 4.78 is 2.14. The Balaban J connectivity index is 1.66. The van der Waals surface area contributed by atoms with Crippen molar-refractivity contribution in [2.24, 2.45) is 5.10 Å². The Bertz CT molecular complexity index is 1050. The van der Waals surface area contributed by atoms with Crippen LogP contribution in [0, 0.1) is 10.1 Å². The van der Waals surface area contributed by atoms with E-state index < -0.39 is 10.8 Å². The van der Waals surface area contributed by atoms with E-state index in [1.54, 1.807) is 29.1 Å². The molecular weight excluding hydrogens is 450 g/mol. The number of nitro groups is 1. The van der Waals surface area contributed by atoms with Crippen molar-refractivity contribution in [1.29, 1.82) is 0 Å². The minimum Gasteiger partial charge on any atom is -0.266 e. The zero-order valence-corrected chi connectivity index (χ0v) is 16.6. The van der Waals surface area contributed by atoms with Crippen molar-refractivity contribution in [3.63, 3.8) is 0 Å². The zero-order valence-electron chi connectivity index (χ0n) is 14.3. The number of rotatable bonds is 6. The van der Waals surface area contributed by atoms with Crippen LogP contribution in [0.5, 0.6) is 0 Å². The van der Waals surface area contributed by atoms with Crippen molar-refractivity contribution in [3.8, 4) is 0 Å². The first-order valence-corrected chi connectivity index (χ1v) is 9.15.